The summed E-state index contributed by atoms with van der Waals surface area (Å²) >= 11 is 0. The average molecular weight is 368 g/mol. The summed E-state index contributed by atoms with van der Waals surface area (Å²) in [6.45, 7) is 4.06. The average Bonchev–Trinajstić information content (AvgIpc) is 2.69. The monoisotopic (exact) mass is 368 g/mol. The zero-order valence-electron chi connectivity index (χ0n) is 15.7. The van der Waals surface area contributed by atoms with Crippen LogP contribution in [0.1, 0.15) is 23.2 Å². The van der Waals surface area contributed by atoms with Gasteiger partial charge in [-0.25, -0.2) is 4.39 Å². The number of hydrogen-bond donors (Lipinski definition) is 0. The van der Waals surface area contributed by atoms with Gasteiger partial charge in [-0.2, -0.15) is 0 Å². The van der Waals surface area contributed by atoms with Crippen LogP contribution in [0.4, 0.5) is 4.39 Å². The summed E-state index contributed by atoms with van der Waals surface area (Å²) in [5.74, 6) is -0.240. The number of amides is 1. The third-order valence-electron chi connectivity index (χ3n) is 5.71. The van der Waals surface area contributed by atoms with Gasteiger partial charge < -0.3 is 14.5 Å². The minimum absolute atomic E-state index is 0.0361. The van der Waals surface area contributed by atoms with Crippen LogP contribution in [-0.4, -0.2) is 61.1 Å². The number of morpholine rings is 1. The molecule has 2 saturated heterocycles. The van der Waals surface area contributed by atoms with Gasteiger partial charge in [0.15, 0.2) is 0 Å². The van der Waals surface area contributed by atoms with Gasteiger partial charge in [0.05, 0.1) is 12.2 Å². The lowest BCUT2D eigenvalue weighted by Gasteiger charge is -2.46. The van der Waals surface area contributed by atoms with Crippen LogP contribution in [0.2, 0.25) is 0 Å². The van der Waals surface area contributed by atoms with Crippen molar-refractivity contribution in [1.29, 1.82) is 0 Å². The van der Waals surface area contributed by atoms with Gasteiger partial charge in [-0.1, -0.05) is 30.3 Å². The van der Waals surface area contributed by atoms with Crippen molar-refractivity contribution in [2.75, 3.05) is 39.8 Å². The molecule has 0 radical (unpaired) electrons. The first-order valence-corrected chi connectivity index (χ1v) is 9.53. The number of likely N-dealkylation sites (tertiary alicyclic amines) is 1. The smallest absolute Gasteiger partial charge is 0.254 e. The largest absolute Gasteiger partial charge is 0.372 e. The summed E-state index contributed by atoms with van der Waals surface area (Å²) in [4.78, 5) is 17.4. The third-order valence-corrected chi connectivity index (χ3v) is 5.71. The zero-order chi connectivity index (χ0) is 18.9. The Balaban J connectivity index is 1.52. The third kappa shape index (κ3) is 3.75. The molecule has 0 saturated carbocycles. The highest BCUT2D eigenvalue weighted by Crippen LogP contribution is 2.31. The van der Waals surface area contributed by atoms with Crippen molar-refractivity contribution in [3.8, 4) is 11.1 Å². The van der Waals surface area contributed by atoms with Gasteiger partial charge in [0, 0.05) is 31.7 Å². The Morgan fingerprint density at radius 2 is 1.74 bits per heavy atom. The molecule has 5 heteroatoms. The molecule has 0 atom stereocenters. The molecule has 0 N–H and O–H groups in total. The molecule has 2 aliphatic heterocycles. The Morgan fingerprint density at radius 3 is 2.44 bits per heavy atom. The van der Waals surface area contributed by atoms with Gasteiger partial charge in [0.1, 0.15) is 5.82 Å². The first-order chi connectivity index (χ1) is 13.1. The number of halogens is 1. The van der Waals surface area contributed by atoms with Crippen molar-refractivity contribution in [1.82, 2.24) is 9.80 Å². The number of rotatable bonds is 2. The van der Waals surface area contributed by atoms with Gasteiger partial charge in [0.25, 0.3) is 5.91 Å². The van der Waals surface area contributed by atoms with E-state index in [1.54, 1.807) is 12.1 Å². The predicted molar refractivity (Wildman–Crippen MR) is 103 cm³/mol. The molecule has 27 heavy (non-hydrogen) atoms. The fourth-order valence-electron chi connectivity index (χ4n) is 4.18. The predicted octanol–water partition coefficient (Wildman–Crippen LogP) is 3.43. The van der Waals surface area contributed by atoms with Crippen LogP contribution in [0.5, 0.6) is 0 Å². The van der Waals surface area contributed by atoms with Crippen molar-refractivity contribution in [3.05, 3.63) is 59.9 Å². The van der Waals surface area contributed by atoms with Gasteiger partial charge in [-0.15, -0.1) is 0 Å². The first kappa shape index (κ1) is 18.1. The number of piperidine rings is 1. The molecule has 2 aromatic carbocycles. The Morgan fingerprint density at radius 1 is 1.04 bits per heavy atom. The Labute approximate surface area is 159 Å². The van der Waals surface area contributed by atoms with E-state index in [0.29, 0.717) is 18.7 Å². The minimum atomic E-state index is -0.277. The first-order valence-electron chi connectivity index (χ1n) is 9.53. The fraction of sp³-hybridized carbons (Fsp3) is 0.409. The summed E-state index contributed by atoms with van der Waals surface area (Å²) in [7, 11) is 2.13. The maximum absolute atomic E-state index is 13.3. The fourth-order valence-corrected chi connectivity index (χ4v) is 4.18. The summed E-state index contributed by atoms with van der Waals surface area (Å²) in [6, 6.07) is 13.9. The number of carbonyl (C=O) groups is 1. The van der Waals surface area contributed by atoms with Crippen LogP contribution in [-0.2, 0) is 4.74 Å². The normalized spacial score (nSPS) is 20.0. The van der Waals surface area contributed by atoms with Gasteiger partial charge >= 0.3 is 0 Å². The van der Waals surface area contributed by atoms with Crippen LogP contribution in [0.3, 0.4) is 0 Å². The summed E-state index contributed by atoms with van der Waals surface area (Å²) in [5.41, 5.74) is 2.25. The standard InChI is InChI=1S/C22H25FN2O2/c1-24-14-15-27-22(16-24)10-12-25(13-11-22)21(26)20-5-3-2-4-19(20)17-6-8-18(23)9-7-17/h2-9H,10-16H2,1H3. The Bertz CT molecular complexity index is 813. The number of benzene rings is 2. The second-order valence-electron chi connectivity index (χ2n) is 7.61. The lowest BCUT2D eigenvalue weighted by molar-refractivity contribution is -0.127. The molecule has 0 bridgehead atoms. The van der Waals surface area contributed by atoms with Crippen LogP contribution >= 0.6 is 0 Å². The van der Waals surface area contributed by atoms with E-state index in [2.05, 4.69) is 11.9 Å². The van der Waals surface area contributed by atoms with E-state index in [9.17, 15) is 9.18 Å². The van der Waals surface area contributed by atoms with Crippen molar-refractivity contribution in [3.63, 3.8) is 0 Å². The van der Waals surface area contributed by atoms with E-state index in [4.69, 9.17) is 4.74 Å². The topological polar surface area (TPSA) is 32.8 Å². The van der Waals surface area contributed by atoms with Crippen LogP contribution in [0, 0.1) is 5.82 Å². The molecule has 4 nitrogen and oxygen atoms in total. The molecule has 4 rings (SSSR count). The lowest BCUT2D eigenvalue weighted by atomic mass is 9.89. The molecule has 142 valence electrons. The molecule has 0 aliphatic carbocycles. The SMILES string of the molecule is CN1CCOC2(CCN(C(=O)c3ccccc3-c3ccc(F)cc3)CC2)C1. The molecular weight excluding hydrogens is 343 g/mol. The molecule has 1 amide bonds. The van der Waals surface area contributed by atoms with E-state index in [1.807, 2.05) is 29.2 Å². The zero-order valence-corrected chi connectivity index (χ0v) is 15.7. The van der Waals surface area contributed by atoms with Crippen molar-refractivity contribution >= 4 is 5.91 Å². The number of carbonyl (C=O) groups excluding carboxylic acids is 1. The Hall–Kier alpha value is -2.24. The number of hydrogen-bond acceptors (Lipinski definition) is 3. The lowest BCUT2D eigenvalue weighted by Crippen LogP contribution is -2.56. The Kier molecular flexibility index (Phi) is 4.98. The van der Waals surface area contributed by atoms with Crippen molar-refractivity contribution in [2.24, 2.45) is 0 Å². The van der Waals surface area contributed by atoms with E-state index >= 15 is 0 Å². The minimum Gasteiger partial charge on any atom is -0.372 e. The van der Waals surface area contributed by atoms with Crippen LogP contribution < -0.4 is 0 Å². The van der Waals surface area contributed by atoms with Crippen LogP contribution in [0.15, 0.2) is 48.5 Å². The van der Waals surface area contributed by atoms with E-state index < -0.39 is 0 Å². The summed E-state index contributed by atoms with van der Waals surface area (Å²) in [6.07, 6.45) is 1.73. The van der Waals surface area contributed by atoms with Gasteiger partial charge in [-0.05, 0) is 49.2 Å². The van der Waals surface area contributed by atoms with E-state index in [1.165, 1.54) is 12.1 Å². The van der Waals surface area contributed by atoms with Gasteiger partial charge in [0.2, 0.25) is 0 Å². The summed E-state index contributed by atoms with van der Waals surface area (Å²) in [5, 5.41) is 0. The van der Waals surface area contributed by atoms with Gasteiger partial charge in [-0.3, -0.25) is 4.79 Å². The molecule has 2 heterocycles. The molecule has 1 spiro atoms. The molecule has 0 unspecified atom stereocenters. The molecule has 2 aliphatic rings. The highest BCUT2D eigenvalue weighted by molar-refractivity contribution is 6.00. The maximum Gasteiger partial charge on any atom is 0.254 e. The highest BCUT2D eigenvalue weighted by Gasteiger charge is 2.40. The second kappa shape index (κ2) is 7.41. The van der Waals surface area contributed by atoms with Crippen molar-refractivity contribution < 1.29 is 13.9 Å². The van der Waals surface area contributed by atoms with Crippen LogP contribution in [0.25, 0.3) is 11.1 Å². The molecule has 2 fully saturated rings. The highest BCUT2D eigenvalue weighted by atomic mass is 19.1. The quantitative estimate of drug-likeness (QED) is 0.814. The van der Waals surface area contributed by atoms with Crippen molar-refractivity contribution in [2.45, 2.75) is 18.4 Å². The molecule has 2 aromatic rings. The number of nitrogens with zero attached hydrogens (tertiary/aromatic N) is 2. The van der Waals surface area contributed by atoms with E-state index in [-0.39, 0.29) is 17.3 Å². The number of ether oxygens (including phenoxy) is 1. The number of likely N-dealkylation sites (N-methyl/N-ethyl adjacent to an activating group) is 1. The van der Waals surface area contributed by atoms with E-state index in [0.717, 1.165) is 43.7 Å². The summed E-state index contributed by atoms with van der Waals surface area (Å²) < 4.78 is 19.4. The maximum atomic E-state index is 13.3. The molecule has 0 aromatic heterocycles. The second-order valence-corrected chi connectivity index (χ2v) is 7.61. The molecular formula is C22H25FN2O2.